The zero-order valence-corrected chi connectivity index (χ0v) is 18.7. The summed E-state index contributed by atoms with van der Waals surface area (Å²) in [5.74, 6) is -1.26. The van der Waals surface area contributed by atoms with Crippen molar-refractivity contribution in [3.8, 4) is 10.4 Å². The van der Waals surface area contributed by atoms with Crippen LogP contribution in [0.4, 0.5) is 4.39 Å². The standard InChI is InChI=1S/C22H19FN4O3S2/c1-13-4-5-14(9-16(13)23)20(29)25-7-6-24-18(28)10-27-12-26-21-19(22(27)30)15(11-32-21)17-3-2-8-31-17/h2-5,8-9,11-12H,6-7,10H2,1H3,(H,24,28)(H,25,29). The molecule has 2 N–H and O–H groups in total. The quantitative estimate of drug-likeness (QED) is 0.406. The van der Waals surface area contributed by atoms with Crippen LogP contribution in [0.2, 0.25) is 0 Å². The van der Waals surface area contributed by atoms with Crippen LogP contribution < -0.4 is 16.2 Å². The first kappa shape index (κ1) is 21.8. The third-order valence-corrected chi connectivity index (χ3v) is 6.62. The fourth-order valence-electron chi connectivity index (χ4n) is 3.12. The lowest BCUT2D eigenvalue weighted by Crippen LogP contribution is -2.37. The van der Waals surface area contributed by atoms with Gasteiger partial charge >= 0.3 is 0 Å². The van der Waals surface area contributed by atoms with E-state index in [2.05, 4.69) is 15.6 Å². The largest absolute Gasteiger partial charge is 0.353 e. The van der Waals surface area contributed by atoms with Crippen molar-refractivity contribution in [1.29, 1.82) is 0 Å². The smallest absolute Gasteiger partial charge is 0.263 e. The predicted molar refractivity (Wildman–Crippen MR) is 124 cm³/mol. The number of thiophene rings is 2. The molecule has 2 amide bonds. The Hall–Kier alpha value is -3.37. The lowest BCUT2D eigenvalue weighted by atomic mass is 10.1. The van der Waals surface area contributed by atoms with Crippen molar-refractivity contribution in [1.82, 2.24) is 20.2 Å². The summed E-state index contributed by atoms with van der Waals surface area (Å²) in [6.45, 7) is 1.77. The SMILES string of the molecule is Cc1ccc(C(=O)NCCNC(=O)Cn2cnc3scc(-c4cccs4)c3c2=O)cc1F. The van der Waals surface area contributed by atoms with Crippen molar-refractivity contribution < 1.29 is 14.0 Å². The second kappa shape index (κ2) is 9.41. The zero-order chi connectivity index (χ0) is 22.7. The molecule has 0 spiro atoms. The van der Waals surface area contributed by atoms with E-state index in [1.807, 2.05) is 22.9 Å². The second-order valence-corrected chi connectivity index (χ2v) is 8.86. The van der Waals surface area contributed by atoms with Gasteiger partial charge in [-0.3, -0.25) is 19.0 Å². The van der Waals surface area contributed by atoms with Crippen molar-refractivity contribution in [2.24, 2.45) is 0 Å². The number of amides is 2. The molecule has 1 aromatic carbocycles. The molecule has 32 heavy (non-hydrogen) atoms. The molecule has 0 atom stereocenters. The molecule has 3 aromatic heterocycles. The van der Waals surface area contributed by atoms with E-state index in [0.29, 0.717) is 15.8 Å². The van der Waals surface area contributed by atoms with Gasteiger partial charge in [-0.1, -0.05) is 12.1 Å². The van der Waals surface area contributed by atoms with Crippen LogP contribution in [0.5, 0.6) is 0 Å². The van der Waals surface area contributed by atoms with Gasteiger partial charge in [0.05, 0.1) is 11.7 Å². The average molecular weight is 471 g/mol. The normalized spacial score (nSPS) is 10.9. The van der Waals surface area contributed by atoms with Gasteiger partial charge in [0.15, 0.2) is 0 Å². The van der Waals surface area contributed by atoms with Crippen molar-refractivity contribution in [3.63, 3.8) is 0 Å². The minimum absolute atomic E-state index is 0.166. The Labute approximate surface area is 190 Å². The minimum atomic E-state index is -0.449. The van der Waals surface area contributed by atoms with E-state index < -0.39 is 11.7 Å². The van der Waals surface area contributed by atoms with Crippen LogP contribution in [0.25, 0.3) is 20.7 Å². The van der Waals surface area contributed by atoms with Gasteiger partial charge in [-0.05, 0) is 36.1 Å². The van der Waals surface area contributed by atoms with E-state index in [1.54, 1.807) is 6.92 Å². The molecule has 0 aliphatic heterocycles. The van der Waals surface area contributed by atoms with Gasteiger partial charge in [-0.15, -0.1) is 22.7 Å². The summed E-state index contributed by atoms with van der Waals surface area (Å²) in [5.41, 5.74) is 1.22. The van der Waals surface area contributed by atoms with Gasteiger partial charge in [-0.25, -0.2) is 9.37 Å². The van der Waals surface area contributed by atoms with Crippen LogP contribution in [0.3, 0.4) is 0 Å². The first-order valence-electron chi connectivity index (χ1n) is 9.75. The number of nitrogens with one attached hydrogen (secondary N) is 2. The fourth-order valence-corrected chi connectivity index (χ4v) is 4.84. The van der Waals surface area contributed by atoms with Gasteiger partial charge < -0.3 is 10.6 Å². The topological polar surface area (TPSA) is 93.1 Å². The molecule has 0 bridgehead atoms. The number of hydrogen-bond acceptors (Lipinski definition) is 6. The number of carbonyl (C=O) groups is 2. The van der Waals surface area contributed by atoms with Crippen LogP contribution in [0.1, 0.15) is 15.9 Å². The predicted octanol–water partition coefficient (Wildman–Crippen LogP) is 3.18. The summed E-state index contributed by atoms with van der Waals surface area (Å²) in [6.07, 6.45) is 1.37. The Morgan fingerprint density at radius 3 is 2.72 bits per heavy atom. The van der Waals surface area contributed by atoms with Crippen molar-refractivity contribution in [2.75, 3.05) is 13.1 Å². The number of benzene rings is 1. The number of nitrogens with zero attached hydrogens (tertiary/aromatic N) is 2. The first-order chi connectivity index (χ1) is 15.4. The third-order valence-electron chi connectivity index (χ3n) is 4.83. The molecule has 0 fully saturated rings. The Morgan fingerprint density at radius 2 is 1.97 bits per heavy atom. The molecular formula is C22H19FN4O3S2. The summed E-state index contributed by atoms with van der Waals surface area (Å²) in [6, 6.07) is 8.10. The molecule has 0 aliphatic rings. The summed E-state index contributed by atoms with van der Waals surface area (Å²) in [4.78, 5) is 43.2. The van der Waals surface area contributed by atoms with Gasteiger partial charge in [0.2, 0.25) is 5.91 Å². The third kappa shape index (κ3) is 4.61. The lowest BCUT2D eigenvalue weighted by molar-refractivity contribution is -0.121. The van der Waals surface area contributed by atoms with E-state index >= 15 is 0 Å². The summed E-state index contributed by atoms with van der Waals surface area (Å²) >= 11 is 2.93. The summed E-state index contributed by atoms with van der Waals surface area (Å²) in [5, 5.41) is 9.63. The molecule has 4 rings (SSSR count). The molecule has 10 heteroatoms. The van der Waals surface area contributed by atoms with Crippen molar-refractivity contribution >= 4 is 44.7 Å². The highest BCUT2D eigenvalue weighted by Gasteiger charge is 2.15. The maximum atomic E-state index is 13.6. The average Bonchev–Trinajstić information content (AvgIpc) is 3.45. The van der Waals surface area contributed by atoms with E-state index in [4.69, 9.17) is 0 Å². The molecule has 0 saturated carbocycles. The highest BCUT2D eigenvalue weighted by molar-refractivity contribution is 7.18. The second-order valence-electron chi connectivity index (χ2n) is 7.05. The Kier molecular flexibility index (Phi) is 6.42. The molecular weight excluding hydrogens is 451 g/mol. The van der Waals surface area contributed by atoms with E-state index in [0.717, 1.165) is 10.4 Å². The minimum Gasteiger partial charge on any atom is -0.353 e. The Morgan fingerprint density at radius 1 is 1.16 bits per heavy atom. The van der Waals surface area contributed by atoms with Crippen LogP contribution in [0.15, 0.2) is 52.2 Å². The van der Waals surface area contributed by atoms with Crippen LogP contribution in [0, 0.1) is 12.7 Å². The molecule has 4 aromatic rings. The number of carbonyl (C=O) groups excluding carboxylic acids is 2. The zero-order valence-electron chi connectivity index (χ0n) is 17.1. The van der Waals surface area contributed by atoms with Crippen LogP contribution in [-0.2, 0) is 11.3 Å². The van der Waals surface area contributed by atoms with Gasteiger partial charge in [0.25, 0.3) is 11.5 Å². The molecule has 0 saturated heterocycles. The number of hydrogen-bond donors (Lipinski definition) is 2. The number of aryl methyl sites for hydroxylation is 1. The first-order valence-corrected chi connectivity index (χ1v) is 11.5. The molecule has 164 valence electrons. The van der Waals surface area contributed by atoms with E-state index in [9.17, 15) is 18.8 Å². The molecule has 0 radical (unpaired) electrons. The Balaban J connectivity index is 1.34. The van der Waals surface area contributed by atoms with Gasteiger partial charge in [0, 0.05) is 34.5 Å². The van der Waals surface area contributed by atoms with Crippen molar-refractivity contribution in [3.05, 3.63) is 74.7 Å². The number of aromatic nitrogens is 2. The summed E-state index contributed by atoms with van der Waals surface area (Å²) < 4.78 is 14.9. The molecule has 0 unspecified atom stereocenters. The number of rotatable bonds is 7. The van der Waals surface area contributed by atoms with Crippen molar-refractivity contribution in [2.45, 2.75) is 13.5 Å². The molecule has 7 nitrogen and oxygen atoms in total. The maximum Gasteiger partial charge on any atom is 0.263 e. The van der Waals surface area contributed by atoms with E-state index in [-0.39, 0.29) is 36.7 Å². The lowest BCUT2D eigenvalue weighted by Gasteiger charge is -2.09. The van der Waals surface area contributed by atoms with Crippen LogP contribution in [-0.4, -0.2) is 34.5 Å². The Bertz CT molecular complexity index is 1350. The highest BCUT2D eigenvalue weighted by atomic mass is 32.1. The van der Waals surface area contributed by atoms with E-state index in [1.165, 1.54) is 51.8 Å². The van der Waals surface area contributed by atoms with Gasteiger partial charge in [0.1, 0.15) is 17.2 Å². The monoisotopic (exact) mass is 470 g/mol. The van der Waals surface area contributed by atoms with Crippen LogP contribution >= 0.6 is 22.7 Å². The summed E-state index contributed by atoms with van der Waals surface area (Å²) in [7, 11) is 0. The number of halogens is 1. The highest BCUT2D eigenvalue weighted by Crippen LogP contribution is 2.33. The molecule has 3 heterocycles. The molecule has 0 aliphatic carbocycles. The fraction of sp³-hybridized carbons (Fsp3) is 0.182. The number of fused-ring (bicyclic) bond motifs is 1. The maximum absolute atomic E-state index is 13.6. The van der Waals surface area contributed by atoms with Gasteiger partial charge in [-0.2, -0.15) is 0 Å².